The van der Waals surface area contributed by atoms with Gasteiger partial charge in [0, 0.05) is 31.2 Å². The van der Waals surface area contributed by atoms with Crippen LogP contribution in [-0.4, -0.2) is 25.6 Å². The number of rotatable bonds is 6. The molecule has 2 heterocycles. The average Bonchev–Trinajstić information content (AvgIpc) is 3.24. The molecule has 2 atom stereocenters. The molecule has 120 valence electrons. The first-order valence-electron chi connectivity index (χ1n) is 7.96. The zero-order valence-corrected chi connectivity index (χ0v) is 13.8. The highest BCUT2D eigenvalue weighted by Crippen LogP contribution is 2.13. The summed E-state index contributed by atoms with van der Waals surface area (Å²) in [6.07, 6.45) is 7.72. The van der Waals surface area contributed by atoms with Gasteiger partial charge in [0.15, 0.2) is 0 Å². The van der Waals surface area contributed by atoms with Crippen LogP contribution in [0, 0.1) is 6.92 Å². The second kappa shape index (κ2) is 6.79. The van der Waals surface area contributed by atoms with E-state index in [2.05, 4.69) is 66.7 Å². The molecule has 1 aromatic carbocycles. The zero-order chi connectivity index (χ0) is 16.2. The van der Waals surface area contributed by atoms with Crippen LogP contribution < -0.4 is 5.32 Å². The average molecular weight is 309 g/mol. The van der Waals surface area contributed by atoms with Crippen LogP contribution >= 0.6 is 0 Å². The summed E-state index contributed by atoms with van der Waals surface area (Å²) >= 11 is 0. The van der Waals surface area contributed by atoms with E-state index >= 15 is 0 Å². The molecule has 3 rings (SSSR count). The maximum absolute atomic E-state index is 4.40. The summed E-state index contributed by atoms with van der Waals surface area (Å²) in [5.41, 5.74) is 3.53. The Hall–Kier alpha value is -2.40. The third-order valence-corrected chi connectivity index (χ3v) is 4.20. The second-order valence-electron chi connectivity index (χ2n) is 6.02. The highest BCUT2D eigenvalue weighted by Gasteiger charge is 2.14. The zero-order valence-electron chi connectivity index (χ0n) is 13.8. The largest absolute Gasteiger partial charge is 0.308 e. The van der Waals surface area contributed by atoms with E-state index < -0.39 is 0 Å². The molecule has 5 heteroatoms. The predicted molar refractivity (Wildman–Crippen MR) is 91.5 cm³/mol. The molecule has 23 heavy (non-hydrogen) atoms. The van der Waals surface area contributed by atoms with Crippen molar-refractivity contribution in [2.24, 2.45) is 0 Å². The molecule has 0 unspecified atom stereocenters. The van der Waals surface area contributed by atoms with Gasteiger partial charge in [0.25, 0.3) is 0 Å². The van der Waals surface area contributed by atoms with Gasteiger partial charge in [-0.1, -0.05) is 12.1 Å². The lowest BCUT2D eigenvalue weighted by molar-refractivity contribution is 0.365. The van der Waals surface area contributed by atoms with Gasteiger partial charge in [0.1, 0.15) is 0 Å². The molecule has 0 saturated heterocycles. The molecule has 0 spiro atoms. The topological polar surface area (TPSA) is 47.7 Å². The molecule has 0 amide bonds. The number of aromatic nitrogens is 4. The van der Waals surface area contributed by atoms with Crippen LogP contribution in [0.5, 0.6) is 0 Å². The molecule has 0 radical (unpaired) electrons. The van der Waals surface area contributed by atoms with Crippen LogP contribution in [0.4, 0.5) is 0 Å². The molecule has 0 aliphatic carbocycles. The highest BCUT2D eigenvalue weighted by atomic mass is 15.3. The van der Waals surface area contributed by atoms with Crippen LogP contribution in [-0.2, 0) is 6.54 Å². The summed E-state index contributed by atoms with van der Waals surface area (Å²) in [5.74, 6) is 0. The number of hydrogen-bond donors (Lipinski definition) is 1. The Morgan fingerprint density at radius 3 is 2.52 bits per heavy atom. The molecular formula is C18H23N5. The number of benzene rings is 1. The van der Waals surface area contributed by atoms with E-state index in [1.165, 1.54) is 11.1 Å². The lowest BCUT2D eigenvalue weighted by Gasteiger charge is -2.22. The van der Waals surface area contributed by atoms with Crippen molar-refractivity contribution in [3.63, 3.8) is 0 Å². The number of nitrogens with zero attached hydrogens (tertiary/aromatic N) is 4. The lowest BCUT2D eigenvalue weighted by Crippen LogP contribution is -2.33. The first kappa shape index (κ1) is 15.5. The van der Waals surface area contributed by atoms with Crippen LogP contribution in [0.2, 0.25) is 0 Å². The van der Waals surface area contributed by atoms with Gasteiger partial charge in [-0.3, -0.25) is 4.68 Å². The normalized spacial score (nSPS) is 13.9. The summed E-state index contributed by atoms with van der Waals surface area (Å²) < 4.78 is 3.88. The van der Waals surface area contributed by atoms with Gasteiger partial charge >= 0.3 is 0 Å². The van der Waals surface area contributed by atoms with E-state index in [1.54, 1.807) is 6.20 Å². The van der Waals surface area contributed by atoms with Crippen molar-refractivity contribution in [3.8, 4) is 5.69 Å². The first-order chi connectivity index (χ1) is 11.1. The molecule has 0 aliphatic rings. The minimum absolute atomic E-state index is 0.312. The monoisotopic (exact) mass is 309 g/mol. The standard InChI is InChI=1S/C18H23N5/c1-14-11-21-23(13-14)16(3)15(2)19-12-17-5-7-18(8-6-17)22-10-4-9-20-22/h4-11,13,15-16,19H,12H2,1-3H3/t15-,16-/m1/s1. The van der Waals surface area contributed by atoms with Crippen molar-refractivity contribution in [2.45, 2.75) is 39.4 Å². The number of nitrogens with one attached hydrogen (secondary N) is 1. The van der Waals surface area contributed by atoms with Gasteiger partial charge in [-0.15, -0.1) is 0 Å². The fourth-order valence-electron chi connectivity index (χ4n) is 2.52. The number of aryl methyl sites for hydroxylation is 1. The highest BCUT2D eigenvalue weighted by molar-refractivity contribution is 5.33. The summed E-state index contributed by atoms with van der Waals surface area (Å²) in [4.78, 5) is 0. The fourth-order valence-corrected chi connectivity index (χ4v) is 2.52. The van der Waals surface area contributed by atoms with E-state index in [4.69, 9.17) is 0 Å². The molecule has 3 aromatic rings. The van der Waals surface area contributed by atoms with E-state index in [1.807, 2.05) is 27.8 Å². The molecule has 5 nitrogen and oxygen atoms in total. The first-order valence-corrected chi connectivity index (χ1v) is 7.96. The Bertz CT molecular complexity index is 727. The van der Waals surface area contributed by atoms with Crippen LogP contribution in [0.3, 0.4) is 0 Å². The van der Waals surface area contributed by atoms with E-state index in [0.29, 0.717) is 12.1 Å². The van der Waals surface area contributed by atoms with Gasteiger partial charge in [0.05, 0.1) is 17.9 Å². The second-order valence-corrected chi connectivity index (χ2v) is 6.02. The van der Waals surface area contributed by atoms with Crippen molar-refractivity contribution >= 4 is 0 Å². The smallest absolute Gasteiger partial charge is 0.0645 e. The third kappa shape index (κ3) is 3.68. The number of hydrogen-bond acceptors (Lipinski definition) is 3. The van der Waals surface area contributed by atoms with Crippen molar-refractivity contribution in [3.05, 3.63) is 66.2 Å². The molecule has 0 fully saturated rings. The van der Waals surface area contributed by atoms with Gasteiger partial charge in [-0.2, -0.15) is 10.2 Å². The fraction of sp³-hybridized carbons (Fsp3) is 0.333. The predicted octanol–water partition coefficient (Wildman–Crippen LogP) is 3.12. The van der Waals surface area contributed by atoms with Crippen LogP contribution in [0.1, 0.15) is 31.0 Å². The summed E-state index contributed by atoms with van der Waals surface area (Å²) in [7, 11) is 0. The van der Waals surface area contributed by atoms with Gasteiger partial charge < -0.3 is 5.32 Å². The summed E-state index contributed by atoms with van der Waals surface area (Å²) in [6.45, 7) is 7.28. The van der Waals surface area contributed by atoms with Crippen LogP contribution in [0.15, 0.2) is 55.1 Å². The Morgan fingerprint density at radius 1 is 1.13 bits per heavy atom. The lowest BCUT2D eigenvalue weighted by atomic mass is 10.1. The Balaban J connectivity index is 1.57. The minimum Gasteiger partial charge on any atom is -0.308 e. The van der Waals surface area contributed by atoms with Gasteiger partial charge in [-0.05, 0) is 50.1 Å². The third-order valence-electron chi connectivity index (χ3n) is 4.20. The van der Waals surface area contributed by atoms with Crippen molar-refractivity contribution < 1.29 is 0 Å². The van der Waals surface area contributed by atoms with E-state index in [9.17, 15) is 0 Å². The molecule has 0 aliphatic heterocycles. The molecule has 1 N–H and O–H groups in total. The Labute approximate surface area is 136 Å². The summed E-state index contributed by atoms with van der Waals surface area (Å²) in [6, 6.07) is 11.0. The Morgan fingerprint density at radius 2 is 1.91 bits per heavy atom. The molecule has 0 bridgehead atoms. The SMILES string of the molecule is Cc1cnn([C@H](C)[C@@H](C)NCc2ccc(-n3cccn3)cc2)c1. The molecule has 0 saturated carbocycles. The maximum atomic E-state index is 4.40. The molecule has 2 aromatic heterocycles. The van der Waals surface area contributed by atoms with Crippen LogP contribution in [0.25, 0.3) is 5.69 Å². The molecular weight excluding hydrogens is 286 g/mol. The quantitative estimate of drug-likeness (QED) is 0.761. The van der Waals surface area contributed by atoms with Crippen molar-refractivity contribution in [1.82, 2.24) is 24.9 Å². The maximum Gasteiger partial charge on any atom is 0.0645 e. The minimum atomic E-state index is 0.312. The van der Waals surface area contributed by atoms with Gasteiger partial charge in [-0.25, -0.2) is 4.68 Å². The van der Waals surface area contributed by atoms with E-state index in [0.717, 1.165) is 12.2 Å². The summed E-state index contributed by atoms with van der Waals surface area (Å²) in [5, 5.41) is 12.2. The van der Waals surface area contributed by atoms with Gasteiger partial charge in [0.2, 0.25) is 0 Å². The Kier molecular flexibility index (Phi) is 4.57. The van der Waals surface area contributed by atoms with Crippen molar-refractivity contribution in [2.75, 3.05) is 0 Å². The van der Waals surface area contributed by atoms with E-state index in [-0.39, 0.29) is 0 Å². The van der Waals surface area contributed by atoms with Crippen molar-refractivity contribution in [1.29, 1.82) is 0 Å².